The highest BCUT2D eigenvalue weighted by molar-refractivity contribution is 7.98. The molecule has 6 heteroatoms. The van der Waals surface area contributed by atoms with Gasteiger partial charge in [0.25, 0.3) is 5.91 Å². The quantitative estimate of drug-likeness (QED) is 0.505. The van der Waals surface area contributed by atoms with Gasteiger partial charge >= 0.3 is 0 Å². The number of thioether (sulfide) groups is 1. The van der Waals surface area contributed by atoms with Gasteiger partial charge in [-0.15, -0.1) is 11.8 Å². The third kappa shape index (κ3) is 3.95. The van der Waals surface area contributed by atoms with E-state index in [4.69, 9.17) is 11.6 Å². The Hall–Kier alpha value is -2.76. The van der Waals surface area contributed by atoms with Crippen LogP contribution in [0.4, 0.5) is 17.1 Å². The summed E-state index contributed by atoms with van der Waals surface area (Å²) in [5.74, 6) is -0.343. The molecule has 30 heavy (non-hydrogen) atoms. The molecule has 1 aliphatic heterocycles. The Kier molecular flexibility index (Phi) is 5.84. The Morgan fingerprint density at radius 3 is 2.43 bits per heavy atom. The van der Waals surface area contributed by atoms with E-state index < -0.39 is 0 Å². The van der Waals surface area contributed by atoms with Gasteiger partial charge in [0.05, 0.1) is 22.0 Å². The first-order valence-electron chi connectivity index (χ1n) is 9.64. The number of aryl methyl sites for hydroxylation is 2. The van der Waals surface area contributed by atoms with Gasteiger partial charge in [0.15, 0.2) is 0 Å². The highest BCUT2D eigenvalue weighted by Crippen LogP contribution is 2.37. The molecule has 0 spiro atoms. The number of anilines is 3. The Morgan fingerprint density at radius 2 is 1.70 bits per heavy atom. The maximum atomic E-state index is 12.9. The van der Waals surface area contributed by atoms with Crippen LogP contribution in [0, 0.1) is 0 Å². The molecular formula is C24H21ClN2O2S. The second-order valence-corrected chi connectivity index (χ2v) is 8.41. The van der Waals surface area contributed by atoms with Crippen molar-refractivity contribution < 1.29 is 9.59 Å². The van der Waals surface area contributed by atoms with Gasteiger partial charge in [0.1, 0.15) is 0 Å². The molecule has 2 amide bonds. The van der Waals surface area contributed by atoms with Crippen LogP contribution in [0.1, 0.15) is 28.4 Å². The summed E-state index contributed by atoms with van der Waals surface area (Å²) >= 11 is 7.80. The zero-order chi connectivity index (χ0) is 21.3. The highest BCUT2D eigenvalue weighted by atomic mass is 35.5. The van der Waals surface area contributed by atoms with Crippen molar-refractivity contribution in [2.75, 3.05) is 16.5 Å². The predicted octanol–water partition coefficient (Wildman–Crippen LogP) is 6.10. The van der Waals surface area contributed by atoms with E-state index in [1.807, 2.05) is 48.7 Å². The van der Waals surface area contributed by atoms with E-state index in [0.717, 1.165) is 40.2 Å². The maximum Gasteiger partial charge on any atom is 0.257 e. The number of fused-ring (bicyclic) bond motifs is 2. The molecule has 1 N–H and O–H groups in total. The van der Waals surface area contributed by atoms with Crippen LogP contribution in [0.5, 0.6) is 0 Å². The van der Waals surface area contributed by atoms with Crippen LogP contribution in [0.25, 0.3) is 0 Å². The first-order chi connectivity index (χ1) is 14.5. The van der Waals surface area contributed by atoms with Gasteiger partial charge in [0, 0.05) is 17.5 Å². The van der Waals surface area contributed by atoms with Crippen molar-refractivity contribution in [1.82, 2.24) is 0 Å². The maximum absolute atomic E-state index is 12.9. The van der Waals surface area contributed by atoms with Crippen LogP contribution < -0.4 is 10.2 Å². The largest absolute Gasteiger partial charge is 0.322 e. The van der Waals surface area contributed by atoms with Crippen LogP contribution >= 0.6 is 23.4 Å². The van der Waals surface area contributed by atoms with E-state index in [0.29, 0.717) is 16.3 Å². The van der Waals surface area contributed by atoms with Crippen molar-refractivity contribution >= 4 is 52.2 Å². The van der Waals surface area contributed by atoms with Crippen LogP contribution in [0.3, 0.4) is 0 Å². The number of hydrogen-bond donors (Lipinski definition) is 1. The summed E-state index contributed by atoms with van der Waals surface area (Å²) in [4.78, 5) is 28.1. The average molecular weight is 437 g/mol. The van der Waals surface area contributed by atoms with E-state index in [1.54, 1.807) is 35.7 Å². The second kappa shape index (κ2) is 8.54. The minimum absolute atomic E-state index is 0.0650. The van der Waals surface area contributed by atoms with E-state index >= 15 is 0 Å². The predicted molar refractivity (Wildman–Crippen MR) is 124 cm³/mol. The summed E-state index contributed by atoms with van der Waals surface area (Å²) in [7, 11) is 0. The summed E-state index contributed by atoms with van der Waals surface area (Å²) in [6.45, 7) is 1.56. The number of hydrogen-bond acceptors (Lipinski definition) is 3. The molecule has 0 aliphatic carbocycles. The summed E-state index contributed by atoms with van der Waals surface area (Å²) < 4.78 is 0. The molecule has 1 heterocycles. The summed E-state index contributed by atoms with van der Waals surface area (Å²) in [5, 5.41) is 3.34. The molecule has 4 rings (SSSR count). The minimum Gasteiger partial charge on any atom is -0.322 e. The van der Waals surface area contributed by atoms with Gasteiger partial charge in [-0.3, -0.25) is 14.5 Å². The number of rotatable bonds is 3. The zero-order valence-electron chi connectivity index (χ0n) is 16.7. The first-order valence-corrected chi connectivity index (χ1v) is 11.2. The molecule has 152 valence electrons. The molecule has 1 aliphatic rings. The molecule has 0 saturated heterocycles. The van der Waals surface area contributed by atoms with Crippen molar-refractivity contribution in [3.05, 3.63) is 82.4 Å². The van der Waals surface area contributed by atoms with Gasteiger partial charge in [-0.1, -0.05) is 35.9 Å². The number of carbonyl (C=O) groups excluding carboxylic acids is 2. The monoisotopic (exact) mass is 436 g/mol. The smallest absolute Gasteiger partial charge is 0.257 e. The van der Waals surface area contributed by atoms with Crippen LogP contribution in [0.2, 0.25) is 5.02 Å². The standard InChI is InChI=1S/C24H21ClN2O2S/c1-15(28)27-22-6-4-3-5-16(22)7-8-17-9-10-18(13-23(17)27)26-24(29)20-14-19(30-2)11-12-21(20)25/h3-6,9-14H,7-8H2,1-2H3,(H,26,29). The van der Waals surface area contributed by atoms with E-state index in [2.05, 4.69) is 11.4 Å². The molecule has 0 unspecified atom stereocenters. The Labute approximate surface area is 185 Å². The normalized spacial score (nSPS) is 12.6. The zero-order valence-corrected chi connectivity index (χ0v) is 18.3. The molecule has 4 nitrogen and oxygen atoms in total. The van der Waals surface area contributed by atoms with Gasteiger partial charge in [-0.05, 0) is 66.6 Å². The third-order valence-electron chi connectivity index (χ3n) is 5.21. The number of nitrogens with one attached hydrogen (secondary N) is 1. The fraction of sp³-hybridized carbons (Fsp3) is 0.167. The number of amides is 2. The van der Waals surface area contributed by atoms with Crippen molar-refractivity contribution in [2.45, 2.75) is 24.7 Å². The lowest BCUT2D eigenvalue weighted by Crippen LogP contribution is -2.24. The van der Waals surface area contributed by atoms with Crippen molar-refractivity contribution in [2.24, 2.45) is 0 Å². The Bertz CT molecular complexity index is 1150. The molecule has 0 bridgehead atoms. The van der Waals surface area contributed by atoms with Crippen molar-refractivity contribution in [3.8, 4) is 0 Å². The number of halogens is 1. The van der Waals surface area contributed by atoms with Gasteiger partial charge in [-0.2, -0.15) is 0 Å². The average Bonchev–Trinajstić information content (AvgIpc) is 2.90. The van der Waals surface area contributed by atoms with Crippen LogP contribution in [-0.4, -0.2) is 18.1 Å². The lowest BCUT2D eigenvalue weighted by molar-refractivity contribution is -0.115. The second-order valence-electron chi connectivity index (χ2n) is 7.13. The van der Waals surface area contributed by atoms with Gasteiger partial charge < -0.3 is 5.32 Å². The van der Waals surface area contributed by atoms with E-state index in [-0.39, 0.29) is 11.8 Å². The van der Waals surface area contributed by atoms with E-state index in [9.17, 15) is 9.59 Å². The summed E-state index contributed by atoms with van der Waals surface area (Å²) in [6, 6.07) is 19.1. The molecule has 3 aromatic carbocycles. The SMILES string of the molecule is CSc1ccc(Cl)c(C(=O)Nc2ccc3c(c2)N(C(C)=O)c2ccccc2CC3)c1. The van der Waals surface area contributed by atoms with Crippen LogP contribution in [-0.2, 0) is 17.6 Å². The minimum atomic E-state index is -0.278. The Balaban J connectivity index is 1.71. The molecule has 0 fully saturated rings. The molecule has 0 aromatic heterocycles. The number of benzene rings is 3. The highest BCUT2D eigenvalue weighted by Gasteiger charge is 2.24. The van der Waals surface area contributed by atoms with Gasteiger partial charge in [0.2, 0.25) is 5.91 Å². The topological polar surface area (TPSA) is 49.4 Å². The fourth-order valence-electron chi connectivity index (χ4n) is 3.74. The van der Waals surface area contributed by atoms with Crippen molar-refractivity contribution in [3.63, 3.8) is 0 Å². The molecular weight excluding hydrogens is 416 g/mol. The number of carbonyl (C=O) groups is 2. The molecule has 0 saturated carbocycles. The molecule has 3 aromatic rings. The summed E-state index contributed by atoms with van der Waals surface area (Å²) in [5.41, 5.74) is 4.94. The summed E-state index contributed by atoms with van der Waals surface area (Å²) in [6.07, 6.45) is 3.63. The Morgan fingerprint density at radius 1 is 0.967 bits per heavy atom. The lowest BCUT2D eigenvalue weighted by Gasteiger charge is -2.24. The fourth-order valence-corrected chi connectivity index (χ4v) is 4.39. The lowest BCUT2D eigenvalue weighted by atomic mass is 10.0. The third-order valence-corrected chi connectivity index (χ3v) is 6.27. The molecule has 0 radical (unpaired) electrons. The van der Waals surface area contributed by atoms with Crippen LogP contribution in [0.15, 0.2) is 65.6 Å². The number of para-hydroxylation sites is 1. The molecule has 0 atom stereocenters. The number of nitrogens with zero attached hydrogens (tertiary/aromatic N) is 1. The van der Waals surface area contributed by atoms with Gasteiger partial charge in [-0.25, -0.2) is 0 Å². The first kappa shape index (κ1) is 20.5. The van der Waals surface area contributed by atoms with Crippen molar-refractivity contribution in [1.29, 1.82) is 0 Å². The van der Waals surface area contributed by atoms with E-state index in [1.165, 1.54) is 0 Å².